The Hall–Kier alpha value is -2.62. The van der Waals surface area contributed by atoms with Crippen LogP contribution in [0.1, 0.15) is 21.5 Å². The van der Waals surface area contributed by atoms with Gasteiger partial charge in [-0.3, -0.25) is 9.59 Å². The molecule has 0 aromatic heterocycles. The molecule has 22 heavy (non-hydrogen) atoms. The van der Waals surface area contributed by atoms with Crippen LogP contribution >= 0.6 is 0 Å². The number of hydrogen-bond acceptors (Lipinski definition) is 3. The first-order chi connectivity index (χ1) is 10.6. The fourth-order valence-corrected chi connectivity index (χ4v) is 2.06. The Morgan fingerprint density at radius 1 is 1.18 bits per heavy atom. The maximum atomic E-state index is 12.1. The summed E-state index contributed by atoms with van der Waals surface area (Å²) in [6, 6.07) is 14.7. The quantitative estimate of drug-likeness (QED) is 0.770. The van der Waals surface area contributed by atoms with Gasteiger partial charge in [-0.1, -0.05) is 36.4 Å². The van der Waals surface area contributed by atoms with Gasteiger partial charge in [0.15, 0.2) is 6.61 Å². The zero-order valence-corrected chi connectivity index (χ0v) is 12.8. The molecule has 0 spiro atoms. The highest BCUT2D eigenvalue weighted by Gasteiger charge is 2.11. The zero-order chi connectivity index (χ0) is 15.9. The van der Waals surface area contributed by atoms with E-state index in [0.717, 1.165) is 17.4 Å². The van der Waals surface area contributed by atoms with Crippen LogP contribution in [-0.4, -0.2) is 30.7 Å². The number of ether oxygens (including phenoxy) is 1. The van der Waals surface area contributed by atoms with E-state index in [4.69, 9.17) is 4.74 Å². The fourth-order valence-electron chi connectivity index (χ4n) is 2.06. The maximum absolute atomic E-state index is 12.1. The molecule has 4 heteroatoms. The Labute approximate surface area is 130 Å². The van der Waals surface area contributed by atoms with E-state index in [0.29, 0.717) is 17.9 Å². The van der Waals surface area contributed by atoms with Gasteiger partial charge in [0.05, 0.1) is 0 Å². The smallest absolute Gasteiger partial charge is 0.260 e. The third kappa shape index (κ3) is 4.19. The van der Waals surface area contributed by atoms with Gasteiger partial charge in [0, 0.05) is 19.2 Å². The highest BCUT2D eigenvalue weighted by molar-refractivity contribution is 5.78. The average Bonchev–Trinajstić information content (AvgIpc) is 2.54. The van der Waals surface area contributed by atoms with Gasteiger partial charge in [-0.05, 0) is 30.2 Å². The lowest BCUT2D eigenvalue weighted by molar-refractivity contribution is -0.132. The molecule has 2 rings (SSSR count). The molecule has 0 N–H and O–H groups in total. The molecular weight excluding hydrogens is 278 g/mol. The number of hydrogen-bond donors (Lipinski definition) is 0. The van der Waals surface area contributed by atoms with E-state index < -0.39 is 0 Å². The lowest BCUT2D eigenvalue weighted by Gasteiger charge is -2.18. The number of nitrogens with zero attached hydrogens (tertiary/aromatic N) is 1. The van der Waals surface area contributed by atoms with E-state index in [-0.39, 0.29) is 12.5 Å². The molecule has 0 heterocycles. The highest BCUT2D eigenvalue weighted by atomic mass is 16.5. The molecule has 0 bridgehead atoms. The number of amides is 1. The van der Waals surface area contributed by atoms with E-state index in [1.54, 1.807) is 36.2 Å². The van der Waals surface area contributed by atoms with E-state index in [2.05, 4.69) is 0 Å². The summed E-state index contributed by atoms with van der Waals surface area (Å²) in [4.78, 5) is 24.5. The van der Waals surface area contributed by atoms with Gasteiger partial charge >= 0.3 is 0 Å². The molecule has 0 aliphatic heterocycles. The molecule has 0 aliphatic carbocycles. The van der Waals surface area contributed by atoms with Gasteiger partial charge in [0.2, 0.25) is 0 Å². The molecule has 0 aliphatic rings. The Bertz CT molecular complexity index is 667. The van der Waals surface area contributed by atoms with Crippen LogP contribution in [0, 0.1) is 6.92 Å². The summed E-state index contributed by atoms with van der Waals surface area (Å²) in [6.07, 6.45) is 0.749. The molecule has 0 unspecified atom stereocenters. The molecule has 1 amide bonds. The normalized spacial score (nSPS) is 10.1. The minimum Gasteiger partial charge on any atom is -0.484 e. The van der Waals surface area contributed by atoms with Crippen molar-refractivity contribution in [3.05, 3.63) is 65.2 Å². The number of rotatable bonds is 6. The van der Waals surface area contributed by atoms with Gasteiger partial charge in [-0.15, -0.1) is 0 Å². The van der Waals surface area contributed by atoms with Crippen molar-refractivity contribution >= 4 is 12.2 Å². The SMILES string of the molecule is Cc1ccccc1CN(C)C(=O)COc1cccc(C=O)c1. The van der Waals surface area contributed by atoms with Crippen LogP contribution in [0.25, 0.3) is 0 Å². The minimum absolute atomic E-state index is 0.0509. The first kappa shape index (κ1) is 15.8. The van der Waals surface area contributed by atoms with Crippen molar-refractivity contribution in [2.75, 3.05) is 13.7 Å². The third-order valence-electron chi connectivity index (χ3n) is 3.45. The van der Waals surface area contributed by atoms with Crippen LogP contribution in [0.15, 0.2) is 48.5 Å². The molecule has 2 aromatic carbocycles. The number of carbonyl (C=O) groups is 2. The molecule has 0 fully saturated rings. The second-order valence-electron chi connectivity index (χ2n) is 5.16. The van der Waals surface area contributed by atoms with Gasteiger partial charge in [0.25, 0.3) is 5.91 Å². The van der Waals surface area contributed by atoms with Crippen molar-refractivity contribution in [2.45, 2.75) is 13.5 Å². The van der Waals surface area contributed by atoms with Gasteiger partial charge in [-0.2, -0.15) is 0 Å². The Morgan fingerprint density at radius 2 is 1.95 bits per heavy atom. The first-order valence-corrected chi connectivity index (χ1v) is 7.06. The topological polar surface area (TPSA) is 46.6 Å². The monoisotopic (exact) mass is 297 g/mol. The van der Waals surface area contributed by atoms with Crippen molar-refractivity contribution in [1.29, 1.82) is 0 Å². The van der Waals surface area contributed by atoms with E-state index in [1.165, 1.54) is 0 Å². The van der Waals surface area contributed by atoms with E-state index in [1.807, 2.05) is 31.2 Å². The Balaban J connectivity index is 1.91. The molecule has 2 aromatic rings. The van der Waals surface area contributed by atoms with Crippen LogP contribution in [-0.2, 0) is 11.3 Å². The van der Waals surface area contributed by atoms with Gasteiger partial charge < -0.3 is 9.64 Å². The Morgan fingerprint density at radius 3 is 2.68 bits per heavy atom. The number of aldehydes is 1. The van der Waals surface area contributed by atoms with Crippen molar-refractivity contribution < 1.29 is 14.3 Å². The third-order valence-corrected chi connectivity index (χ3v) is 3.45. The fraction of sp³-hybridized carbons (Fsp3) is 0.222. The van der Waals surface area contributed by atoms with Crippen LogP contribution < -0.4 is 4.74 Å². The van der Waals surface area contributed by atoms with E-state index >= 15 is 0 Å². The van der Waals surface area contributed by atoms with Crippen LogP contribution in [0.5, 0.6) is 5.75 Å². The lowest BCUT2D eigenvalue weighted by atomic mass is 10.1. The number of benzene rings is 2. The first-order valence-electron chi connectivity index (χ1n) is 7.06. The van der Waals surface area contributed by atoms with Crippen LogP contribution in [0.4, 0.5) is 0 Å². The summed E-state index contributed by atoms with van der Waals surface area (Å²) in [7, 11) is 1.75. The molecule has 0 saturated carbocycles. The van der Waals surface area contributed by atoms with Crippen molar-refractivity contribution in [2.24, 2.45) is 0 Å². The maximum Gasteiger partial charge on any atom is 0.260 e. The van der Waals surface area contributed by atoms with Crippen molar-refractivity contribution in [1.82, 2.24) is 4.90 Å². The van der Waals surface area contributed by atoms with Crippen LogP contribution in [0.3, 0.4) is 0 Å². The van der Waals surface area contributed by atoms with Crippen molar-refractivity contribution in [3.63, 3.8) is 0 Å². The molecule has 0 atom stereocenters. The Kier molecular flexibility index (Phi) is 5.31. The number of carbonyl (C=O) groups excluding carboxylic acids is 2. The molecular formula is C18H19NO3. The molecule has 4 nitrogen and oxygen atoms in total. The lowest BCUT2D eigenvalue weighted by Crippen LogP contribution is -2.31. The predicted octanol–water partition coefficient (Wildman–Crippen LogP) is 2.84. The summed E-state index contributed by atoms with van der Waals surface area (Å²) in [6.45, 7) is 2.52. The molecule has 0 radical (unpaired) electrons. The summed E-state index contributed by atoms with van der Waals surface area (Å²) in [5.41, 5.74) is 2.79. The summed E-state index contributed by atoms with van der Waals surface area (Å²) < 4.78 is 5.45. The second-order valence-corrected chi connectivity index (χ2v) is 5.16. The average molecular weight is 297 g/mol. The minimum atomic E-state index is -0.111. The molecule has 114 valence electrons. The van der Waals surface area contributed by atoms with Crippen LogP contribution in [0.2, 0.25) is 0 Å². The highest BCUT2D eigenvalue weighted by Crippen LogP contribution is 2.13. The van der Waals surface area contributed by atoms with Crippen molar-refractivity contribution in [3.8, 4) is 5.75 Å². The predicted molar refractivity (Wildman–Crippen MR) is 85.0 cm³/mol. The number of likely N-dealkylation sites (N-methyl/N-ethyl adjacent to an activating group) is 1. The second kappa shape index (κ2) is 7.41. The summed E-state index contributed by atoms with van der Waals surface area (Å²) >= 11 is 0. The van der Waals surface area contributed by atoms with Gasteiger partial charge in [0.1, 0.15) is 12.0 Å². The largest absolute Gasteiger partial charge is 0.484 e. The van der Waals surface area contributed by atoms with E-state index in [9.17, 15) is 9.59 Å². The number of aryl methyl sites for hydroxylation is 1. The summed E-state index contributed by atoms with van der Waals surface area (Å²) in [5.74, 6) is 0.405. The molecule has 0 saturated heterocycles. The zero-order valence-electron chi connectivity index (χ0n) is 12.8. The summed E-state index contributed by atoms with van der Waals surface area (Å²) in [5, 5.41) is 0. The van der Waals surface area contributed by atoms with Gasteiger partial charge in [-0.25, -0.2) is 0 Å². The standard InChI is InChI=1S/C18H19NO3/c1-14-6-3-4-8-16(14)11-19(2)18(21)13-22-17-9-5-7-15(10-17)12-20/h3-10,12H,11,13H2,1-2H3.